The minimum absolute atomic E-state index is 0.139. The van der Waals surface area contributed by atoms with Gasteiger partial charge in [0, 0.05) is 29.3 Å². The van der Waals surface area contributed by atoms with Gasteiger partial charge in [0.15, 0.2) is 0 Å². The highest BCUT2D eigenvalue weighted by Gasteiger charge is 2.30. The zero-order valence-electron chi connectivity index (χ0n) is 12.3. The average molecular weight is 320 g/mol. The monoisotopic (exact) mass is 320 g/mol. The Hall–Kier alpha value is -1.82. The summed E-state index contributed by atoms with van der Waals surface area (Å²) in [4.78, 5) is 29.1. The van der Waals surface area contributed by atoms with Crippen LogP contribution in [0.3, 0.4) is 0 Å². The molecule has 0 radical (unpaired) electrons. The zero-order valence-corrected chi connectivity index (χ0v) is 13.1. The average Bonchev–Trinajstić information content (AvgIpc) is 2.95. The van der Waals surface area contributed by atoms with Crippen molar-refractivity contribution in [3.8, 4) is 0 Å². The molecule has 0 bridgehead atoms. The molecule has 1 unspecified atom stereocenters. The van der Waals surface area contributed by atoms with Gasteiger partial charge in [-0.25, -0.2) is 4.39 Å². The summed E-state index contributed by atoms with van der Waals surface area (Å²) >= 11 is 1.76. The molecule has 1 aromatic heterocycles. The smallest absolute Gasteiger partial charge is 0.255 e. The van der Waals surface area contributed by atoms with Gasteiger partial charge < -0.3 is 9.88 Å². The van der Waals surface area contributed by atoms with Crippen LogP contribution in [0.5, 0.6) is 0 Å². The summed E-state index contributed by atoms with van der Waals surface area (Å²) in [5, 5.41) is 0.595. The molecule has 2 aromatic rings. The van der Waals surface area contributed by atoms with E-state index in [1.165, 1.54) is 24.3 Å². The summed E-state index contributed by atoms with van der Waals surface area (Å²) in [6.07, 6.45) is 1.91. The number of hydrogen-bond acceptors (Lipinski definition) is 3. The fourth-order valence-corrected chi connectivity index (χ4v) is 4.15. The number of hydrogen-bond donors (Lipinski definition) is 1. The van der Waals surface area contributed by atoms with Crippen molar-refractivity contribution in [2.45, 2.75) is 25.1 Å². The molecule has 6 heteroatoms. The number of halogens is 1. The van der Waals surface area contributed by atoms with E-state index >= 15 is 0 Å². The lowest BCUT2D eigenvalue weighted by atomic mass is 10.1. The van der Waals surface area contributed by atoms with Gasteiger partial charge in [-0.05, 0) is 24.6 Å². The quantitative estimate of drug-likeness (QED) is 0.946. The van der Waals surface area contributed by atoms with Crippen LogP contribution in [0.4, 0.5) is 4.39 Å². The number of fused-ring (bicyclic) bond motifs is 1. The number of amides is 1. The van der Waals surface area contributed by atoms with E-state index in [2.05, 4.69) is 11.9 Å². The number of nitrogens with zero attached hydrogens (tertiary/aromatic N) is 1. The van der Waals surface area contributed by atoms with Gasteiger partial charge in [0.2, 0.25) is 5.56 Å². The summed E-state index contributed by atoms with van der Waals surface area (Å²) in [5.74, 6) is 0.283. The van der Waals surface area contributed by atoms with E-state index in [1.54, 1.807) is 16.7 Å². The Labute approximate surface area is 131 Å². The molecular weight excluding hydrogens is 303 g/mol. The van der Waals surface area contributed by atoms with Crippen molar-refractivity contribution in [3.63, 3.8) is 0 Å². The number of nitrogens with one attached hydrogen (secondary N) is 1. The van der Waals surface area contributed by atoms with Crippen LogP contribution in [0.2, 0.25) is 0 Å². The second-order valence-electron chi connectivity index (χ2n) is 5.35. The Morgan fingerprint density at radius 3 is 3.05 bits per heavy atom. The van der Waals surface area contributed by atoms with Crippen molar-refractivity contribution >= 4 is 28.6 Å². The SMILES string of the molecule is CCCC1SCCN1C(=O)c1cc(=O)[nH]c2ccc(F)cc12. The minimum atomic E-state index is -0.422. The molecule has 1 fully saturated rings. The number of thioether (sulfide) groups is 1. The van der Waals surface area contributed by atoms with E-state index in [0.717, 1.165) is 18.6 Å². The van der Waals surface area contributed by atoms with Gasteiger partial charge in [-0.2, -0.15) is 0 Å². The molecule has 1 atom stereocenters. The van der Waals surface area contributed by atoms with E-state index in [9.17, 15) is 14.0 Å². The maximum atomic E-state index is 13.5. The van der Waals surface area contributed by atoms with Gasteiger partial charge in [-0.1, -0.05) is 13.3 Å². The fourth-order valence-electron chi connectivity index (χ4n) is 2.80. The van der Waals surface area contributed by atoms with Crippen LogP contribution < -0.4 is 5.56 Å². The predicted molar refractivity (Wildman–Crippen MR) is 86.7 cm³/mol. The van der Waals surface area contributed by atoms with Crippen LogP contribution in [0, 0.1) is 5.82 Å². The van der Waals surface area contributed by atoms with E-state index in [-0.39, 0.29) is 22.4 Å². The number of carbonyl (C=O) groups is 1. The number of benzene rings is 1. The van der Waals surface area contributed by atoms with Crippen LogP contribution in [-0.2, 0) is 0 Å². The lowest BCUT2D eigenvalue weighted by molar-refractivity contribution is 0.0758. The molecule has 1 saturated heterocycles. The van der Waals surface area contributed by atoms with Crippen molar-refractivity contribution < 1.29 is 9.18 Å². The maximum absolute atomic E-state index is 13.5. The number of aromatic amines is 1. The largest absolute Gasteiger partial charge is 0.326 e. The first kappa shape index (κ1) is 15.1. The number of pyridine rings is 1. The fraction of sp³-hybridized carbons (Fsp3) is 0.375. The lowest BCUT2D eigenvalue weighted by Crippen LogP contribution is -2.35. The van der Waals surface area contributed by atoms with E-state index in [0.29, 0.717) is 17.4 Å². The predicted octanol–water partition coefficient (Wildman–Crippen LogP) is 2.98. The van der Waals surface area contributed by atoms with Crippen molar-refractivity contribution in [3.05, 3.63) is 46.0 Å². The van der Waals surface area contributed by atoms with Crippen LogP contribution in [-0.4, -0.2) is 33.5 Å². The second-order valence-corrected chi connectivity index (χ2v) is 6.64. The summed E-state index contributed by atoms with van der Waals surface area (Å²) in [7, 11) is 0. The Kier molecular flexibility index (Phi) is 4.20. The highest BCUT2D eigenvalue weighted by molar-refractivity contribution is 8.00. The summed E-state index contributed by atoms with van der Waals surface area (Å²) < 4.78 is 13.5. The second kappa shape index (κ2) is 6.12. The standard InChI is InChI=1S/C16H17FN2O2S/c1-2-3-15-19(6-7-22-15)16(21)12-9-14(20)18-13-5-4-10(17)8-11(12)13/h4-5,8-9,15H,2-3,6-7H2,1H3,(H,18,20). The zero-order chi connectivity index (χ0) is 15.7. The van der Waals surface area contributed by atoms with Gasteiger partial charge in [0.25, 0.3) is 5.91 Å². The third kappa shape index (κ3) is 2.75. The first-order chi connectivity index (χ1) is 10.6. The molecule has 116 valence electrons. The number of H-pyrrole nitrogens is 1. The highest BCUT2D eigenvalue weighted by Crippen LogP contribution is 2.30. The Morgan fingerprint density at radius 2 is 2.27 bits per heavy atom. The molecule has 4 nitrogen and oxygen atoms in total. The summed E-state index contributed by atoms with van der Waals surface area (Å²) in [5.41, 5.74) is 0.416. The van der Waals surface area contributed by atoms with Gasteiger partial charge >= 0.3 is 0 Å². The number of aromatic nitrogens is 1. The van der Waals surface area contributed by atoms with E-state index in [4.69, 9.17) is 0 Å². The molecule has 2 heterocycles. The topological polar surface area (TPSA) is 53.2 Å². The number of rotatable bonds is 3. The van der Waals surface area contributed by atoms with Crippen LogP contribution in [0.25, 0.3) is 10.9 Å². The summed E-state index contributed by atoms with van der Waals surface area (Å²) in [6, 6.07) is 5.34. The minimum Gasteiger partial charge on any atom is -0.326 e. The molecule has 0 spiro atoms. The molecular formula is C16H17FN2O2S. The third-order valence-corrected chi connectivity index (χ3v) is 5.12. The Balaban J connectivity index is 2.07. The van der Waals surface area contributed by atoms with Gasteiger partial charge in [-0.15, -0.1) is 11.8 Å². The van der Waals surface area contributed by atoms with Crippen molar-refractivity contribution in [1.82, 2.24) is 9.88 Å². The van der Waals surface area contributed by atoms with Crippen LogP contribution in [0.15, 0.2) is 29.1 Å². The third-order valence-electron chi connectivity index (χ3n) is 3.82. The Morgan fingerprint density at radius 1 is 1.45 bits per heavy atom. The van der Waals surface area contributed by atoms with Gasteiger partial charge in [0.05, 0.1) is 10.9 Å². The molecule has 3 rings (SSSR count). The molecule has 1 aliphatic rings. The van der Waals surface area contributed by atoms with Crippen molar-refractivity contribution in [2.75, 3.05) is 12.3 Å². The highest BCUT2D eigenvalue weighted by atomic mass is 32.2. The lowest BCUT2D eigenvalue weighted by Gasteiger charge is -2.24. The molecule has 0 aliphatic carbocycles. The number of carbonyl (C=O) groups excluding carboxylic acids is 1. The molecule has 1 aromatic carbocycles. The summed E-state index contributed by atoms with van der Waals surface area (Å²) in [6.45, 7) is 2.75. The molecule has 1 N–H and O–H groups in total. The first-order valence-corrected chi connectivity index (χ1v) is 8.40. The van der Waals surface area contributed by atoms with E-state index < -0.39 is 5.82 Å². The molecule has 1 aliphatic heterocycles. The maximum Gasteiger partial charge on any atom is 0.255 e. The first-order valence-electron chi connectivity index (χ1n) is 7.35. The molecule has 1 amide bonds. The van der Waals surface area contributed by atoms with E-state index in [1.807, 2.05) is 0 Å². The van der Waals surface area contributed by atoms with Crippen LogP contribution in [0.1, 0.15) is 30.1 Å². The molecule has 22 heavy (non-hydrogen) atoms. The van der Waals surface area contributed by atoms with Crippen molar-refractivity contribution in [2.24, 2.45) is 0 Å². The van der Waals surface area contributed by atoms with Gasteiger partial charge in [-0.3, -0.25) is 9.59 Å². The Bertz CT molecular complexity index is 774. The van der Waals surface area contributed by atoms with Crippen LogP contribution >= 0.6 is 11.8 Å². The van der Waals surface area contributed by atoms with Gasteiger partial charge in [0.1, 0.15) is 5.82 Å². The molecule has 0 saturated carbocycles. The van der Waals surface area contributed by atoms with Crippen molar-refractivity contribution in [1.29, 1.82) is 0 Å². The normalized spacial score (nSPS) is 18.1.